The number of hydrogen-bond donors (Lipinski definition) is 1. The molecule has 0 unspecified atom stereocenters. The highest BCUT2D eigenvalue weighted by Crippen LogP contribution is 2.37. The Kier molecular flexibility index (Phi) is 5.45. The Morgan fingerprint density at radius 1 is 1.28 bits per heavy atom. The number of carbonyl (C=O) groups is 1. The van der Waals surface area contributed by atoms with Crippen molar-refractivity contribution in [3.63, 3.8) is 0 Å². The second kappa shape index (κ2) is 8.02. The molecule has 1 aromatic heterocycles. The van der Waals surface area contributed by atoms with Crippen molar-refractivity contribution in [1.82, 2.24) is 10.5 Å². The van der Waals surface area contributed by atoms with E-state index in [2.05, 4.69) is 10.5 Å². The predicted molar refractivity (Wildman–Crippen MR) is 105 cm³/mol. The molecule has 1 N–H and O–H groups in total. The Morgan fingerprint density at radius 3 is 2.79 bits per heavy atom. The molecular weight excluding hydrogens is 422 g/mol. The van der Waals surface area contributed by atoms with Crippen molar-refractivity contribution in [1.29, 1.82) is 0 Å². The molecule has 1 aliphatic heterocycles. The lowest BCUT2D eigenvalue weighted by Gasteiger charge is -2.21. The molecule has 6 nitrogen and oxygen atoms in total. The van der Waals surface area contributed by atoms with E-state index >= 15 is 0 Å². The third-order valence-electron chi connectivity index (χ3n) is 4.48. The second-order valence-corrected chi connectivity index (χ2v) is 7.22. The fourth-order valence-corrected chi connectivity index (χ4v) is 3.76. The summed E-state index contributed by atoms with van der Waals surface area (Å²) >= 11 is 12.5. The number of benzene rings is 2. The van der Waals surface area contributed by atoms with Crippen LogP contribution in [0, 0.1) is 12.7 Å². The minimum atomic E-state index is -0.459. The fourth-order valence-electron chi connectivity index (χ4n) is 3.19. The first-order valence-corrected chi connectivity index (χ1v) is 9.42. The van der Waals surface area contributed by atoms with Crippen LogP contribution in [0.25, 0.3) is 11.3 Å². The lowest BCUT2D eigenvalue weighted by Crippen LogP contribution is -2.25. The molecular formula is C20H15Cl2FN2O4. The Labute approximate surface area is 175 Å². The van der Waals surface area contributed by atoms with E-state index < -0.39 is 11.7 Å². The van der Waals surface area contributed by atoms with Gasteiger partial charge in [0, 0.05) is 23.2 Å². The van der Waals surface area contributed by atoms with Gasteiger partial charge in [0.15, 0.2) is 6.79 Å². The average Bonchev–Trinajstić information content (AvgIpc) is 3.06. The Morgan fingerprint density at radius 2 is 2.03 bits per heavy atom. The smallest absolute Gasteiger partial charge is 0.257 e. The topological polar surface area (TPSA) is 73.6 Å². The number of hydrogen-bond acceptors (Lipinski definition) is 5. The van der Waals surface area contributed by atoms with Gasteiger partial charge in [0.2, 0.25) is 0 Å². The van der Waals surface area contributed by atoms with Crippen LogP contribution in [-0.4, -0.2) is 17.9 Å². The summed E-state index contributed by atoms with van der Waals surface area (Å²) in [6.07, 6.45) is 0. The van der Waals surface area contributed by atoms with Crippen molar-refractivity contribution in [2.75, 3.05) is 6.79 Å². The molecule has 0 saturated heterocycles. The monoisotopic (exact) mass is 436 g/mol. The molecule has 29 heavy (non-hydrogen) atoms. The molecule has 2 heterocycles. The van der Waals surface area contributed by atoms with E-state index in [0.29, 0.717) is 38.2 Å². The van der Waals surface area contributed by atoms with Gasteiger partial charge in [-0.15, -0.1) is 0 Å². The van der Waals surface area contributed by atoms with Crippen LogP contribution in [0.1, 0.15) is 27.2 Å². The molecule has 0 spiro atoms. The van der Waals surface area contributed by atoms with Crippen LogP contribution in [-0.2, 0) is 17.9 Å². The van der Waals surface area contributed by atoms with Crippen molar-refractivity contribution in [3.8, 4) is 17.0 Å². The second-order valence-electron chi connectivity index (χ2n) is 6.41. The Hall–Kier alpha value is -2.61. The van der Waals surface area contributed by atoms with Gasteiger partial charge in [-0.05, 0) is 31.2 Å². The van der Waals surface area contributed by atoms with Gasteiger partial charge in [-0.2, -0.15) is 0 Å². The number of halogens is 3. The molecule has 150 valence electrons. The molecule has 3 aromatic rings. The number of nitrogens with one attached hydrogen (secondary N) is 1. The van der Waals surface area contributed by atoms with Crippen LogP contribution >= 0.6 is 23.2 Å². The molecule has 0 aliphatic carbocycles. The summed E-state index contributed by atoms with van der Waals surface area (Å²) in [5.74, 6) is -0.0830. The van der Waals surface area contributed by atoms with E-state index in [1.807, 2.05) is 0 Å². The highest BCUT2D eigenvalue weighted by Gasteiger charge is 2.25. The molecule has 4 rings (SSSR count). The van der Waals surface area contributed by atoms with E-state index in [1.54, 1.807) is 25.1 Å². The quantitative estimate of drug-likeness (QED) is 0.629. The Balaban J connectivity index is 1.63. The first kappa shape index (κ1) is 19.7. The highest BCUT2D eigenvalue weighted by atomic mass is 35.5. The van der Waals surface area contributed by atoms with E-state index in [4.69, 9.17) is 37.2 Å². The van der Waals surface area contributed by atoms with Crippen molar-refractivity contribution in [3.05, 3.63) is 68.6 Å². The normalized spacial score (nSPS) is 13.0. The fraction of sp³-hybridized carbons (Fsp3) is 0.200. The number of carbonyl (C=O) groups excluding carboxylic acids is 1. The van der Waals surface area contributed by atoms with Gasteiger partial charge in [-0.3, -0.25) is 4.79 Å². The van der Waals surface area contributed by atoms with Gasteiger partial charge >= 0.3 is 0 Å². The zero-order valence-corrected chi connectivity index (χ0v) is 16.7. The summed E-state index contributed by atoms with van der Waals surface area (Å²) in [7, 11) is 0. The maximum absolute atomic E-state index is 13.9. The van der Waals surface area contributed by atoms with E-state index in [1.165, 1.54) is 12.1 Å². The largest absolute Gasteiger partial charge is 0.467 e. The van der Waals surface area contributed by atoms with Gasteiger partial charge in [0.05, 0.1) is 16.7 Å². The number of rotatable bonds is 4. The SMILES string of the molecule is Cc1onc(-c2c(Cl)cccc2Cl)c1C(=O)NCc1cc(F)cc2c1OCOC2. The lowest BCUT2D eigenvalue weighted by atomic mass is 10.0. The lowest BCUT2D eigenvalue weighted by molar-refractivity contribution is -0.0173. The van der Waals surface area contributed by atoms with E-state index in [0.717, 1.165) is 0 Å². The third kappa shape index (κ3) is 3.81. The molecule has 0 radical (unpaired) electrons. The van der Waals surface area contributed by atoms with Crippen LogP contribution < -0.4 is 10.1 Å². The summed E-state index contributed by atoms with van der Waals surface area (Å²) in [5.41, 5.74) is 1.94. The molecule has 1 aliphatic rings. The zero-order chi connectivity index (χ0) is 20.5. The highest BCUT2D eigenvalue weighted by molar-refractivity contribution is 6.39. The minimum Gasteiger partial charge on any atom is -0.467 e. The van der Waals surface area contributed by atoms with Crippen LogP contribution in [0.2, 0.25) is 10.0 Å². The molecule has 0 saturated carbocycles. The number of aromatic nitrogens is 1. The molecule has 1 amide bonds. The summed E-state index contributed by atoms with van der Waals surface area (Å²) in [6.45, 7) is 1.97. The van der Waals surface area contributed by atoms with Crippen LogP contribution in [0.5, 0.6) is 5.75 Å². The van der Waals surface area contributed by atoms with Gasteiger partial charge in [0.1, 0.15) is 28.6 Å². The van der Waals surface area contributed by atoms with Crippen LogP contribution in [0.15, 0.2) is 34.9 Å². The molecule has 9 heteroatoms. The number of aryl methyl sites for hydroxylation is 1. The van der Waals surface area contributed by atoms with Crippen LogP contribution in [0.3, 0.4) is 0 Å². The molecule has 2 aromatic carbocycles. The van der Waals surface area contributed by atoms with Crippen molar-refractivity contribution >= 4 is 29.1 Å². The number of ether oxygens (including phenoxy) is 2. The first-order chi connectivity index (χ1) is 14.0. The molecule has 0 bridgehead atoms. The number of nitrogens with zero attached hydrogens (tertiary/aromatic N) is 1. The van der Waals surface area contributed by atoms with Gasteiger partial charge in [0.25, 0.3) is 5.91 Å². The molecule has 0 atom stereocenters. The summed E-state index contributed by atoms with van der Waals surface area (Å²) in [5, 5.41) is 7.40. The van der Waals surface area contributed by atoms with Crippen molar-refractivity contribution in [2.24, 2.45) is 0 Å². The summed E-state index contributed by atoms with van der Waals surface area (Å²) in [6, 6.07) is 7.65. The number of fused-ring (bicyclic) bond motifs is 1. The Bertz CT molecular complexity index is 1080. The summed E-state index contributed by atoms with van der Waals surface area (Å²) < 4.78 is 29.8. The maximum Gasteiger partial charge on any atom is 0.257 e. The maximum atomic E-state index is 13.9. The first-order valence-electron chi connectivity index (χ1n) is 8.66. The van der Waals surface area contributed by atoms with Gasteiger partial charge in [-0.25, -0.2) is 4.39 Å². The van der Waals surface area contributed by atoms with Crippen molar-refractivity contribution < 1.29 is 23.2 Å². The van der Waals surface area contributed by atoms with Crippen LogP contribution in [0.4, 0.5) is 4.39 Å². The zero-order valence-electron chi connectivity index (χ0n) is 15.2. The third-order valence-corrected chi connectivity index (χ3v) is 5.11. The number of amides is 1. The minimum absolute atomic E-state index is 0.0409. The molecule has 0 fully saturated rings. The summed E-state index contributed by atoms with van der Waals surface area (Å²) in [4.78, 5) is 12.9. The van der Waals surface area contributed by atoms with Gasteiger partial charge < -0.3 is 19.3 Å². The van der Waals surface area contributed by atoms with Gasteiger partial charge in [-0.1, -0.05) is 34.4 Å². The van der Waals surface area contributed by atoms with E-state index in [9.17, 15) is 9.18 Å². The van der Waals surface area contributed by atoms with E-state index in [-0.39, 0.29) is 31.2 Å². The standard InChI is InChI=1S/C20H15Cl2FN2O4/c1-10-16(18(25-29-10)17-14(21)3-2-4-15(17)22)20(26)24-7-11-5-13(23)6-12-8-27-9-28-19(11)12/h2-6H,7-9H2,1H3,(H,24,26). The van der Waals surface area contributed by atoms with Crippen molar-refractivity contribution in [2.45, 2.75) is 20.1 Å². The predicted octanol–water partition coefficient (Wildman–Crippen LogP) is 4.89. The average molecular weight is 437 g/mol.